The fourth-order valence-corrected chi connectivity index (χ4v) is 5.18. The molecule has 9 heteroatoms. The Morgan fingerprint density at radius 2 is 1.79 bits per heavy atom. The number of nitrogens with zero attached hydrogens (tertiary/aromatic N) is 2. The van der Waals surface area contributed by atoms with Gasteiger partial charge in [0.1, 0.15) is 0 Å². The van der Waals surface area contributed by atoms with Gasteiger partial charge in [0.15, 0.2) is 11.5 Å². The highest BCUT2D eigenvalue weighted by Crippen LogP contribution is 2.31. The summed E-state index contributed by atoms with van der Waals surface area (Å²) in [5.41, 5.74) is 0.805. The first kappa shape index (κ1) is 23.4. The van der Waals surface area contributed by atoms with E-state index in [9.17, 15) is 13.2 Å². The number of sulfonamides is 1. The average Bonchev–Trinajstić information content (AvgIpc) is 3.66. The molecule has 0 spiro atoms. The maximum absolute atomic E-state index is 13.1. The first-order valence-corrected chi connectivity index (χ1v) is 12.7. The molecule has 1 saturated heterocycles. The van der Waals surface area contributed by atoms with Gasteiger partial charge in [-0.05, 0) is 62.1 Å². The molecule has 0 aromatic heterocycles. The molecule has 33 heavy (non-hydrogen) atoms. The topological polar surface area (TPSA) is 88.2 Å². The summed E-state index contributed by atoms with van der Waals surface area (Å²) in [4.78, 5) is 17.5. The van der Waals surface area contributed by atoms with Crippen molar-refractivity contribution in [2.75, 3.05) is 51.7 Å². The first-order valence-electron chi connectivity index (χ1n) is 11.3. The number of hydrogen-bond donors (Lipinski definition) is 1. The molecule has 2 aromatic rings. The number of methoxy groups -OCH3 is 2. The SMILES string of the molecule is COc1ccc(S(=O)(=O)Nc2cccc(C(=O)N3CCCN(CC4CC4)CC3)c2)cc1OC. The van der Waals surface area contributed by atoms with Crippen LogP contribution in [0, 0.1) is 5.92 Å². The number of amides is 1. The molecule has 0 bridgehead atoms. The van der Waals surface area contributed by atoms with E-state index in [0.29, 0.717) is 35.8 Å². The number of benzene rings is 2. The van der Waals surface area contributed by atoms with Crippen LogP contribution in [0.3, 0.4) is 0 Å². The van der Waals surface area contributed by atoms with Gasteiger partial charge in [0.25, 0.3) is 15.9 Å². The number of carbonyl (C=O) groups is 1. The van der Waals surface area contributed by atoms with E-state index in [1.807, 2.05) is 4.90 Å². The molecule has 2 aliphatic rings. The zero-order valence-corrected chi connectivity index (χ0v) is 19.9. The molecule has 0 atom stereocenters. The van der Waals surface area contributed by atoms with Gasteiger partial charge in [-0.1, -0.05) is 6.07 Å². The third kappa shape index (κ3) is 5.78. The van der Waals surface area contributed by atoms with Crippen LogP contribution in [-0.2, 0) is 10.0 Å². The Labute approximate surface area is 195 Å². The van der Waals surface area contributed by atoms with Gasteiger partial charge in [0.2, 0.25) is 0 Å². The van der Waals surface area contributed by atoms with Crippen LogP contribution in [-0.4, -0.2) is 71.1 Å². The number of carbonyl (C=O) groups excluding carboxylic acids is 1. The monoisotopic (exact) mass is 473 g/mol. The van der Waals surface area contributed by atoms with E-state index < -0.39 is 10.0 Å². The van der Waals surface area contributed by atoms with Crippen LogP contribution < -0.4 is 14.2 Å². The van der Waals surface area contributed by atoms with Gasteiger partial charge >= 0.3 is 0 Å². The molecule has 0 unspecified atom stereocenters. The fourth-order valence-electron chi connectivity index (χ4n) is 4.12. The molecule has 1 aliphatic carbocycles. The molecule has 1 heterocycles. The number of hydrogen-bond acceptors (Lipinski definition) is 6. The van der Waals surface area contributed by atoms with Gasteiger partial charge in [-0.25, -0.2) is 8.42 Å². The molecule has 178 valence electrons. The van der Waals surface area contributed by atoms with E-state index in [2.05, 4.69) is 9.62 Å². The number of anilines is 1. The van der Waals surface area contributed by atoms with Crippen LogP contribution in [0.4, 0.5) is 5.69 Å². The molecule has 2 fully saturated rings. The molecule has 1 N–H and O–H groups in total. The molecule has 0 radical (unpaired) electrons. The van der Waals surface area contributed by atoms with E-state index in [4.69, 9.17) is 9.47 Å². The molecule has 1 aliphatic heterocycles. The zero-order chi connectivity index (χ0) is 23.4. The van der Waals surface area contributed by atoms with Gasteiger partial charge in [-0.3, -0.25) is 9.52 Å². The Balaban J connectivity index is 1.45. The molecule has 1 amide bonds. The van der Waals surface area contributed by atoms with Crippen molar-refractivity contribution in [3.8, 4) is 11.5 Å². The molecular weight excluding hydrogens is 442 g/mol. The Morgan fingerprint density at radius 1 is 1.00 bits per heavy atom. The third-order valence-electron chi connectivity index (χ3n) is 6.12. The number of ether oxygens (including phenoxy) is 2. The van der Waals surface area contributed by atoms with Gasteiger partial charge in [0.05, 0.1) is 19.1 Å². The highest BCUT2D eigenvalue weighted by molar-refractivity contribution is 7.92. The normalized spacial score (nSPS) is 17.3. The van der Waals surface area contributed by atoms with Crippen molar-refractivity contribution in [2.24, 2.45) is 5.92 Å². The minimum absolute atomic E-state index is 0.0418. The highest BCUT2D eigenvalue weighted by Gasteiger charge is 2.27. The third-order valence-corrected chi connectivity index (χ3v) is 7.50. The summed E-state index contributed by atoms with van der Waals surface area (Å²) in [7, 11) is -0.937. The van der Waals surface area contributed by atoms with Crippen LogP contribution in [0.5, 0.6) is 11.5 Å². The summed E-state index contributed by atoms with van der Waals surface area (Å²) in [6, 6.07) is 11.0. The van der Waals surface area contributed by atoms with Crippen molar-refractivity contribution >= 4 is 21.6 Å². The van der Waals surface area contributed by atoms with Crippen molar-refractivity contribution in [2.45, 2.75) is 24.2 Å². The van der Waals surface area contributed by atoms with Gasteiger partial charge in [-0.15, -0.1) is 0 Å². The molecule has 4 rings (SSSR count). The lowest BCUT2D eigenvalue weighted by Gasteiger charge is -2.22. The number of nitrogens with one attached hydrogen (secondary N) is 1. The van der Waals surface area contributed by atoms with E-state index in [0.717, 1.165) is 32.0 Å². The maximum Gasteiger partial charge on any atom is 0.262 e. The predicted molar refractivity (Wildman–Crippen MR) is 126 cm³/mol. The van der Waals surface area contributed by atoms with Crippen LogP contribution in [0.1, 0.15) is 29.6 Å². The second kappa shape index (κ2) is 10.0. The lowest BCUT2D eigenvalue weighted by atomic mass is 10.1. The Kier molecular flexibility index (Phi) is 7.09. The fraction of sp³-hybridized carbons (Fsp3) is 0.458. The lowest BCUT2D eigenvalue weighted by molar-refractivity contribution is 0.0761. The Bertz CT molecular complexity index is 1100. The van der Waals surface area contributed by atoms with Crippen molar-refractivity contribution in [1.29, 1.82) is 0 Å². The standard InChI is InChI=1S/C24H31N3O5S/c1-31-22-10-9-21(16-23(22)32-2)33(29,30)25-20-6-3-5-19(15-20)24(28)27-12-4-11-26(13-14-27)17-18-7-8-18/h3,5-6,9-10,15-16,18,25H,4,7-8,11-14,17H2,1-2H3. The summed E-state index contributed by atoms with van der Waals surface area (Å²) in [5, 5.41) is 0. The quantitative estimate of drug-likeness (QED) is 0.634. The summed E-state index contributed by atoms with van der Waals surface area (Å²) in [6.45, 7) is 4.43. The van der Waals surface area contributed by atoms with E-state index >= 15 is 0 Å². The molecule has 8 nitrogen and oxygen atoms in total. The minimum atomic E-state index is -3.87. The van der Waals surface area contributed by atoms with Crippen LogP contribution in [0.2, 0.25) is 0 Å². The minimum Gasteiger partial charge on any atom is -0.493 e. The van der Waals surface area contributed by atoms with Gasteiger partial charge in [0, 0.05) is 43.5 Å². The smallest absolute Gasteiger partial charge is 0.262 e. The molecular formula is C24H31N3O5S. The van der Waals surface area contributed by atoms with E-state index in [1.54, 1.807) is 30.3 Å². The summed E-state index contributed by atoms with van der Waals surface area (Å²) < 4.78 is 38.8. The highest BCUT2D eigenvalue weighted by atomic mass is 32.2. The second-order valence-corrected chi connectivity index (χ2v) is 10.3. The van der Waals surface area contributed by atoms with Crippen molar-refractivity contribution in [1.82, 2.24) is 9.80 Å². The van der Waals surface area contributed by atoms with E-state index in [-0.39, 0.29) is 10.8 Å². The maximum atomic E-state index is 13.1. The molecule has 1 saturated carbocycles. The largest absolute Gasteiger partial charge is 0.493 e. The number of rotatable bonds is 8. The lowest BCUT2D eigenvalue weighted by Crippen LogP contribution is -2.35. The second-order valence-electron chi connectivity index (χ2n) is 8.59. The van der Waals surface area contributed by atoms with E-state index in [1.165, 1.54) is 39.2 Å². The van der Waals surface area contributed by atoms with Crippen LogP contribution >= 0.6 is 0 Å². The molecule has 2 aromatic carbocycles. The first-order chi connectivity index (χ1) is 15.9. The predicted octanol–water partition coefficient (Wildman–Crippen LogP) is 3.06. The van der Waals surface area contributed by atoms with Crippen LogP contribution in [0.25, 0.3) is 0 Å². The summed E-state index contributed by atoms with van der Waals surface area (Å²) in [5.74, 6) is 1.52. The zero-order valence-electron chi connectivity index (χ0n) is 19.1. The Morgan fingerprint density at radius 3 is 2.52 bits per heavy atom. The van der Waals surface area contributed by atoms with Crippen molar-refractivity contribution < 1.29 is 22.7 Å². The summed E-state index contributed by atoms with van der Waals surface area (Å²) in [6.07, 6.45) is 3.60. The van der Waals surface area contributed by atoms with Crippen molar-refractivity contribution in [3.05, 3.63) is 48.0 Å². The van der Waals surface area contributed by atoms with Crippen molar-refractivity contribution in [3.63, 3.8) is 0 Å². The summed E-state index contributed by atoms with van der Waals surface area (Å²) >= 11 is 0. The average molecular weight is 474 g/mol. The Hall–Kier alpha value is -2.78. The van der Waals surface area contributed by atoms with Gasteiger partial charge in [-0.2, -0.15) is 0 Å². The van der Waals surface area contributed by atoms with Crippen LogP contribution in [0.15, 0.2) is 47.4 Å². The van der Waals surface area contributed by atoms with Gasteiger partial charge < -0.3 is 19.3 Å².